The summed E-state index contributed by atoms with van der Waals surface area (Å²) >= 11 is 5.97. The minimum absolute atomic E-state index is 0.248. The quantitative estimate of drug-likeness (QED) is 0.178. The largest absolute Gasteiger partial charge is 0.497 e. The van der Waals surface area contributed by atoms with Crippen molar-refractivity contribution in [3.8, 4) is 11.5 Å². The van der Waals surface area contributed by atoms with Gasteiger partial charge in [0.15, 0.2) is 0 Å². The molecule has 31 heavy (non-hydrogen) atoms. The lowest BCUT2D eigenvalue weighted by Gasteiger charge is -2.15. The summed E-state index contributed by atoms with van der Waals surface area (Å²) in [5.41, 5.74) is 1.90. The number of benzene rings is 3. The van der Waals surface area contributed by atoms with Gasteiger partial charge in [-0.1, -0.05) is 48.0 Å². The summed E-state index contributed by atoms with van der Waals surface area (Å²) in [4.78, 5) is 12.9. The Balaban J connectivity index is 2.11. The van der Waals surface area contributed by atoms with Gasteiger partial charge in [-0.2, -0.15) is 0 Å². The van der Waals surface area contributed by atoms with Gasteiger partial charge < -0.3 is 14.2 Å². The molecule has 0 N–H and O–H groups in total. The molecule has 3 aromatic carbocycles. The number of hydrogen-bond donors (Lipinski definition) is 0. The van der Waals surface area contributed by atoms with E-state index in [2.05, 4.69) is 0 Å². The molecule has 0 heterocycles. The zero-order chi connectivity index (χ0) is 22.1. The van der Waals surface area contributed by atoms with Crippen LogP contribution in [0.25, 0.3) is 11.8 Å². The first kappa shape index (κ1) is 22.2. The summed E-state index contributed by atoms with van der Waals surface area (Å²) in [6.07, 6.45) is 3.52. The van der Waals surface area contributed by atoms with Crippen LogP contribution < -0.4 is 9.47 Å². The van der Waals surface area contributed by atoms with Crippen molar-refractivity contribution >= 4 is 29.4 Å². The lowest BCUT2D eigenvalue weighted by molar-refractivity contribution is -0.138. The molecule has 0 aromatic heterocycles. The average Bonchev–Trinajstić information content (AvgIpc) is 2.80. The van der Waals surface area contributed by atoms with E-state index in [1.807, 2.05) is 72.8 Å². The molecular weight excluding hydrogens is 412 g/mol. The third kappa shape index (κ3) is 6.24. The van der Waals surface area contributed by atoms with E-state index in [-0.39, 0.29) is 6.61 Å². The van der Waals surface area contributed by atoms with Crippen molar-refractivity contribution in [1.82, 2.24) is 0 Å². The maximum atomic E-state index is 12.9. The van der Waals surface area contributed by atoms with Crippen molar-refractivity contribution in [2.75, 3.05) is 13.7 Å². The highest BCUT2D eigenvalue weighted by Crippen LogP contribution is 2.27. The Morgan fingerprint density at radius 2 is 1.58 bits per heavy atom. The van der Waals surface area contributed by atoms with E-state index in [0.29, 0.717) is 33.4 Å². The van der Waals surface area contributed by atoms with Gasteiger partial charge in [0, 0.05) is 10.6 Å². The van der Waals surface area contributed by atoms with Crippen LogP contribution in [-0.2, 0) is 9.53 Å². The molecule has 158 valence electrons. The first-order valence-corrected chi connectivity index (χ1v) is 10.2. The van der Waals surface area contributed by atoms with Gasteiger partial charge in [-0.25, -0.2) is 4.79 Å². The van der Waals surface area contributed by atoms with Gasteiger partial charge >= 0.3 is 5.97 Å². The summed E-state index contributed by atoms with van der Waals surface area (Å²) in [6.45, 7) is 2.02. The molecule has 3 rings (SSSR count). The summed E-state index contributed by atoms with van der Waals surface area (Å²) in [5.74, 6) is 1.22. The van der Waals surface area contributed by atoms with Crippen molar-refractivity contribution in [1.29, 1.82) is 0 Å². The number of carbonyl (C=O) groups excluding carboxylic acids is 1. The number of ether oxygens (including phenoxy) is 3. The molecule has 0 bridgehead atoms. The Labute approximate surface area is 187 Å². The van der Waals surface area contributed by atoms with Crippen molar-refractivity contribution in [3.05, 3.63) is 107 Å². The molecule has 0 spiro atoms. The Bertz CT molecular complexity index is 1050. The highest BCUT2D eigenvalue weighted by molar-refractivity contribution is 6.30. The Hall–Kier alpha value is -3.50. The molecule has 0 saturated heterocycles. The van der Waals surface area contributed by atoms with Gasteiger partial charge in [0.05, 0.1) is 13.7 Å². The highest BCUT2D eigenvalue weighted by atomic mass is 35.5. The van der Waals surface area contributed by atoms with E-state index in [1.54, 1.807) is 32.2 Å². The number of methoxy groups -OCH3 is 1. The maximum absolute atomic E-state index is 12.9. The van der Waals surface area contributed by atoms with Gasteiger partial charge in [0.1, 0.15) is 22.8 Å². The summed E-state index contributed by atoms with van der Waals surface area (Å²) in [5, 5.41) is 0.643. The predicted molar refractivity (Wildman–Crippen MR) is 124 cm³/mol. The van der Waals surface area contributed by atoms with Crippen LogP contribution in [-0.4, -0.2) is 19.7 Å². The van der Waals surface area contributed by atoms with Crippen LogP contribution in [0.2, 0.25) is 5.02 Å². The van der Waals surface area contributed by atoms with Crippen molar-refractivity contribution in [3.63, 3.8) is 0 Å². The number of para-hydroxylation sites is 1. The minimum atomic E-state index is -0.477. The Morgan fingerprint density at radius 1 is 0.903 bits per heavy atom. The van der Waals surface area contributed by atoms with Crippen LogP contribution >= 0.6 is 11.6 Å². The van der Waals surface area contributed by atoms with Crippen molar-refractivity contribution < 1.29 is 19.0 Å². The fourth-order valence-electron chi connectivity index (χ4n) is 2.82. The smallest absolute Gasteiger partial charge is 0.341 e. The van der Waals surface area contributed by atoms with Crippen LogP contribution in [0, 0.1) is 0 Å². The summed E-state index contributed by atoms with van der Waals surface area (Å²) in [6, 6.07) is 23.9. The van der Waals surface area contributed by atoms with E-state index in [1.165, 1.54) is 0 Å². The van der Waals surface area contributed by atoms with Gasteiger partial charge in [-0.15, -0.1) is 0 Å². The van der Waals surface area contributed by atoms with E-state index in [9.17, 15) is 4.79 Å². The second kappa shape index (κ2) is 11.0. The monoisotopic (exact) mass is 434 g/mol. The number of esters is 1. The topological polar surface area (TPSA) is 44.8 Å². The van der Waals surface area contributed by atoms with Gasteiger partial charge in [-0.05, 0) is 67.1 Å². The number of hydrogen-bond acceptors (Lipinski definition) is 4. The fourth-order valence-corrected chi connectivity index (χ4v) is 2.94. The van der Waals surface area contributed by atoms with Gasteiger partial charge in [0.25, 0.3) is 0 Å². The normalized spacial score (nSPS) is 11.7. The number of halogens is 1. The van der Waals surface area contributed by atoms with E-state index in [0.717, 1.165) is 5.56 Å². The van der Waals surface area contributed by atoms with Crippen molar-refractivity contribution in [2.45, 2.75) is 6.92 Å². The molecule has 0 unspecified atom stereocenters. The first-order valence-electron chi connectivity index (χ1n) is 9.83. The summed E-state index contributed by atoms with van der Waals surface area (Å²) < 4.78 is 16.8. The standard InChI is InChI=1S/C26H23ClO4/c1-3-30-26(28)24(18-11-19-9-14-21(27)15-10-19)25(31-23-7-5-4-6-8-23)20-12-16-22(29-2)17-13-20/h4-18H,3H2,1-2H3/b18-11+,25-24+. The average molecular weight is 435 g/mol. The van der Waals surface area contributed by atoms with Crippen LogP contribution in [0.1, 0.15) is 18.1 Å². The van der Waals surface area contributed by atoms with E-state index >= 15 is 0 Å². The number of rotatable bonds is 8. The molecule has 0 aliphatic rings. The molecular formula is C26H23ClO4. The molecule has 0 aliphatic heterocycles. The SMILES string of the molecule is CCOC(=O)C(/C=C/c1ccc(Cl)cc1)=C(/Oc1ccccc1)c1ccc(OC)cc1. The number of carbonyl (C=O) groups is 1. The van der Waals surface area contributed by atoms with Crippen LogP contribution in [0.15, 0.2) is 90.5 Å². The lowest BCUT2D eigenvalue weighted by Crippen LogP contribution is -2.11. The Morgan fingerprint density at radius 3 is 2.19 bits per heavy atom. The third-order valence-electron chi connectivity index (χ3n) is 4.37. The first-order chi connectivity index (χ1) is 15.1. The second-order valence-electron chi connectivity index (χ2n) is 6.49. The molecule has 0 atom stereocenters. The zero-order valence-electron chi connectivity index (χ0n) is 17.4. The van der Waals surface area contributed by atoms with Crippen molar-refractivity contribution in [2.24, 2.45) is 0 Å². The minimum Gasteiger partial charge on any atom is -0.497 e. The molecule has 0 radical (unpaired) electrons. The van der Waals surface area contributed by atoms with Gasteiger partial charge in [0.2, 0.25) is 0 Å². The van der Waals surface area contributed by atoms with Crippen LogP contribution in [0.3, 0.4) is 0 Å². The third-order valence-corrected chi connectivity index (χ3v) is 4.62. The fraction of sp³-hybridized carbons (Fsp3) is 0.115. The maximum Gasteiger partial charge on any atom is 0.341 e. The lowest BCUT2D eigenvalue weighted by atomic mass is 10.1. The second-order valence-corrected chi connectivity index (χ2v) is 6.93. The Kier molecular flexibility index (Phi) is 7.91. The molecule has 0 saturated carbocycles. The summed E-state index contributed by atoms with van der Waals surface area (Å²) in [7, 11) is 1.60. The molecule has 0 fully saturated rings. The molecule has 4 nitrogen and oxygen atoms in total. The highest BCUT2D eigenvalue weighted by Gasteiger charge is 2.19. The van der Waals surface area contributed by atoms with Gasteiger partial charge in [-0.3, -0.25) is 0 Å². The molecule has 0 amide bonds. The zero-order valence-corrected chi connectivity index (χ0v) is 18.1. The van der Waals surface area contributed by atoms with Crippen LogP contribution in [0.4, 0.5) is 0 Å². The molecule has 5 heteroatoms. The molecule has 3 aromatic rings. The van der Waals surface area contributed by atoms with E-state index in [4.69, 9.17) is 25.8 Å². The van der Waals surface area contributed by atoms with Crippen LogP contribution in [0.5, 0.6) is 11.5 Å². The predicted octanol–water partition coefficient (Wildman–Crippen LogP) is 6.42. The van der Waals surface area contributed by atoms with E-state index < -0.39 is 5.97 Å². The molecule has 0 aliphatic carbocycles.